The highest BCUT2D eigenvalue weighted by Gasteiger charge is 2.38. The van der Waals surface area contributed by atoms with Gasteiger partial charge < -0.3 is 9.80 Å². The first-order chi connectivity index (χ1) is 10.1. The summed E-state index contributed by atoms with van der Waals surface area (Å²) in [6.45, 7) is 3.54. The van der Waals surface area contributed by atoms with Gasteiger partial charge in [-0.3, -0.25) is 9.89 Å². The molecule has 122 valence electrons. The van der Waals surface area contributed by atoms with E-state index in [1.54, 1.807) is 0 Å². The number of guanidine groups is 1. The number of piperidine rings is 1. The Morgan fingerprint density at radius 3 is 1.90 bits per heavy atom. The third kappa shape index (κ3) is 4.12. The van der Waals surface area contributed by atoms with Crippen LogP contribution in [0, 0.1) is 0 Å². The molecule has 0 unspecified atom stereocenters. The zero-order valence-corrected chi connectivity index (χ0v) is 14.6. The maximum Gasteiger partial charge on any atom is 0.195 e. The summed E-state index contributed by atoms with van der Waals surface area (Å²) in [6.07, 6.45) is 11.0. The van der Waals surface area contributed by atoms with Crippen LogP contribution in [0.1, 0.15) is 51.4 Å². The average molecular weight is 294 g/mol. The number of nitrogens with zero attached hydrogens (tertiary/aromatic N) is 4. The molecule has 0 bridgehead atoms. The zero-order chi connectivity index (χ0) is 15.3. The average Bonchev–Trinajstić information content (AvgIpc) is 2.48. The van der Waals surface area contributed by atoms with E-state index in [0.717, 1.165) is 12.5 Å². The molecular weight excluding hydrogens is 260 g/mol. The molecule has 0 aromatic rings. The molecule has 0 aromatic carbocycles. The van der Waals surface area contributed by atoms with Crippen LogP contribution in [0.25, 0.3) is 0 Å². The lowest BCUT2D eigenvalue weighted by molar-refractivity contribution is 0.0405. The fourth-order valence-corrected chi connectivity index (χ4v) is 4.05. The lowest BCUT2D eigenvalue weighted by atomic mass is 9.79. The quantitative estimate of drug-likeness (QED) is 0.590. The fourth-order valence-electron chi connectivity index (χ4n) is 4.05. The molecule has 1 aliphatic carbocycles. The summed E-state index contributed by atoms with van der Waals surface area (Å²) in [4.78, 5) is 12.1. The minimum absolute atomic E-state index is 0.343. The molecule has 2 aliphatic rings. The van der Waals surface area contributed by atoms with Crippen molar-refractivity contribution in [2.24, 2.45) is 4.99 Å². The molecule has 1 saturated carbocycles. The Morgan fingerprint density at radius 2 is 1.38 bits per heavy atom. The molecule has 1 heterocycles. The normalized spacial score (nSPS) is 22.7. The molecule has 2 fully saturated rings. The van der Waals surface area contributed by atoms with Crippen LogP contribution < -0.4 is 0 Å². The van der Waals surface area contributed by atoms with Crippen molar-refractivity contribution in [2.75, 3.05) is 47.8 Å². The van der Waals surface area contributed by atoms with E-state index in [1.165, 1.54) is 64.5 Å². The minimum Gasteiger partial charge on any atom is -0.349 e. The maximum atomic E-state index is 5.02. The maximum absolute atomic E-state index is 5.02. The van der Waals surface area contributed by atoms with E-state index >= 15 is 0 Å². The minimum atomic E-state index is 0.343. The van der Waals surface area contributed by atoms with Crippen LogP contribution in [0.2, 0.25) is 0 Å². The van der Waals surface area contributed by atoms with E-state index in [-0.39, 0.29) is 0 Å². The smallest absolute Gasteiger partial charge is 0.195 e. The van der Waals surface area contributed by atoms with Gasteiger partial charge in [-0.2, -0.15) is 0 Å². The highest BCUT2D eigenvalue weighted by Crippen LogP contribution is 2.36. The second kappa shape index (κ2) is 7.48. The standard InChI is InChI=1S/C17H34N4/c1-19(2)16(20(3)4)18-15-17(11-7-5-8-12-17)21-13-9-6-10-14-21/h5-15H2,1-4H3. The number of rotatable bonds is 3. The van der Waals surface area contributed by atoms with Gasteiger partial charge in [0.1, 0.15) is 0 Å². The van der Waals surface area contributed by atoms with Crippen molar-refractivity contribution < 1.29 is 0 Å². The number of hydrogen-bond acceptors (Lipinski definition) is 2. The van der Waals surface area contributed by atoms with Gasteiger partial charge in [0.2, 0.25) is 0 Å². The number of hydrogen-bond donors (Lipinski definition) is 0. The molecule has 0 amide bonds. The third-order valence-electron chi connectivity index (χ3n) is 5.13. The summed E-state index contributed by atoms with van der Waals surface area (Å²) in [5.41, 5.74) is 0.343. The molecule has 1 aliphatic heterocycles. The van der Waals surface area contributed by atoms with Crippen LogP contribution in [0.15, 0.2) is 4.99 Å². The van der Waals surface area contributed by atoms with Crippen molar-refractivity contribution in [2.45, 2.75) is 56.9 Å². The van der Waals surface area contributed by atoms with Crippen molar-refractivity contribution in [3.63, 3.8) is 0 Å². The lowest BCUT2D eigenvalue weighted by Crippen LogP contribution is -2.54. The van der Waals surface area contributed by atoms with E-state index in [4.69, 9.17) is 4.99 Å². The topological polar surface area (TPSA) is 22.1 Å². The first-order valence-electron chi connectivity index (χ1n) is 8.69. The van der Waals surface area contributed by atoms with Gasteiger partial charge in [0.25, 0.3) is 0 Å². The van der Waals surface area contributed by atoms with Crippen molar-refractivity contribution >= 4 is 5.96 Å². The Labute approximate surface area is 131 Å². The second-order valence-corrected chi connectivity index (χ2v) is 7.24. The Balaban J connectivity index is 2.13. The monoisotopic (exact) mass is 294 g/mol. The van der Waals surface area contributed by atoms with Crippen molar-refractivity contribution in [3.8, 4) is 0 Å². The summed E-state index contributed by atoms with van der Waals surface area (Å²) in [5.74, 6) is 1.09. The van der Waals surface area contributed by atoms with Crippen LogP contribution in [0.3, 0.4) is 0 Å². The second-order valence-electron chi connectivity index (χ2n) is 7.24. The molecule has 0 atom stereocenters. The number of aliphatic imine (C=N–C) groups is 1. The van der Waals surface area contributed by atoms with E-state index in [2.05, 4.69) is 42.9 Å². The third-order valence-corrected chi connectivity index (χ3v) is 5.13. The van der Waals surface area contributed by atoms with Crippen molar-refractivity contribution in [1.82, 2.24) is 14.7 Å². The Morgan fingerprint density at radius 1 is 0.857 bits per heavy atom. The van der Waals surface area contributed by atoms with Crippen LogP contribution in [-0.2, 0) is 0 Å². The molecule has 0 N–H and O–H groups in total. The highest BCUT2D eigenvalue weighted by molar-refractivity contribution is 5.79. The molecular formula is C17H34N4. The summed E-state index contributed by atoms with van der Waals surface area (Å²) >= 11 is 0. The lowest BCUT2D eigenvalue weighted by Gasteiger charge is -2.47. The van der Waals surface area contributed by atoms with Gasteiger partial charge >= 0.3 is 0 Å². The molecule has 21 heavy (non-hydrogen) atoms. The van der Waals surface area contributed by atoms with E-state index in [0.29, 0.717) is 5.54 Å². The van der Waals surface area contributed by atoms with Crippen molar-refractivity contribution in [3.05, 3.63) is 0 Å². The highest BCUT2D eigenvalue weighted by atomic mass is 15.3. The molecule has 0 spiro atoms. The van der Waals surface area contributed by atoms with Crippen LogP contribution in [0.5, 0.6) is 0 Å². The fraction of sp³-hybridized carbons (Fsp3) is 0.941. The SMILES string of the molecule is CN(C)C(=NCC1(N2CCCCC2)CCCCC1)N(C)C. The van der Waals surface area contributed by atoms with Crippen LogP contribution in [-0.4, -0.2) is 74.0 Å². The van der Waals surface area contributed by atoms with E-state index < -0.39 is 0 Å². The molecule has 0 radical (unpaired) electrons. The molecule has 4 nitrogen and oxygen atoms in total. The number of likely N-dealkylation sites (tertiary alicyclic amines) is 1. The van der Waals surface area contributed by atoms with Gasteiger partial charge in [0.15, 0.2) is 5.96 Å². The summed E-state index contributed by atoms with van der Waals surface area (Å²) < 4.78 is 0. The van der Waals surface area contributed by atoms with Gasteiger partial charge in [-0.1, -0.05) is 25.7 Å². The van der Waals surface area contributed by atoms with Gasteiger partial charge in [-0.15, -0.1) is 0 Å². The predicted octanol–water partition coefficient (Wildman–Crippen LogP) is 2.65. The summed E-state index contributed by atoms with van der Waals surface area (Å²) in [5, 5.41) is 0. The molecule has 4 heteroatoms. The zero-order valence-electron chi connectivity index (χ0n) is 14.6. The van der Waals surface area contributed by atoms with E-state index in [9.17, 15) is 0 Å². The van der Waals surface area contributed by atoms with Crippen molar-refractivity contribution in [1.29, 1.82) is 0 Å². The van der Waals surface area contributed by atoms with Crippen LogP contribution >= 0.6 is 0 Å². The van der Waals surface area contributed by atoms with Gasteiger partial charge in [0.05, 0.1) is 6.54 Å². The Hall–Kier alpha value is -0.770. The summed E-state index contributed by atoms with van der Waals surface area (Å²) in [7, 11) is 8.36. The van der Waals surface area contributed by atoms with E-state index in [1.807, 2.05) is 0 Å². The largest absolute Gasteiger partial charge is 0.349 e. The summed E-state index contributed by atoms with van der Waals surface area (Å²) in [6, 6.07) is 0. The Kier molecular flexibility index (Phi) is 5.91. The van der Waals surface area contributed by atoms with Gasteiger partial charge in [0, 0.05) is 33.7 Å². The van der Waals surface area contributed by atoms with Crippen LogP contribution in [0.4, 0.5) is 0 Å². The first kappa shape index (κ1) is 16.6. The Bertz CT molecular complexity index is 327. The molecule has 0 aromatic heterocycles. The molecule has 1 saturated heterocycles. The van der Waals surface area contributed by atoms with Gasteiger partial charge in [-0.05, 0) is 38.8 Å². The predicted molar refractivity (Wildman–Crippen MR) is 90.9 cm³/mol. The first-order valence-corrected chi connectivity index (χ1v) is 8.69. The van der Waals surface area contributed by atoms with Gasteiger partial charge in [-0.25, -0.2) is 0 Å². The molecule has 2 rings (SSSR count).